The van der Waals surface area contributed by atoms with Gasteiger partial charge in [0.05, 0.1) is 7.11 Å². The van der Waals surface area contributed by atoms with Crippen LogP contribution in [0.15, 0.2) is 35.7 Å². The first-order valence-corrected chi connectivity index (χ1v) is 7.18. The van der Waals surface area contributed by atoms with Crippen molar-refractivity contribution in [2.45, 2.75) is 13.5 Å². The molecular weight excluding hydrogens is 258 g/mol. The van der Waals surface area contributed by atoms with Crippen molar-refractivity contribution >= 4 is 11.3 Å². The monoisotopic (exact) mass is 277 g/mol. The van der Waals surface area contributed by atoms with E-state index in [0.717, 1.165) is 24.6 Å². The first-order chi connectivity index (χ1) is 9.29. The van der Waals surface area contributed by atoms with Gasteiger partial charge in [0.1, 0.15) is 18.1 Å². The van der Waals surface area contributed by atoms with Crippen molar-refractivity contribution in [1.29, 1.82) is 0 Å². The lowest BCUT2D eigenvalue weighted by Gasteiger charge is -2.08. The minimum atomic E-state index is 0.663. The second-order valence-electron chi connectivity index (χ2n) is 4.23. The molecule has 1 aromatic heterocycles. The van der Waals surface area contributed by atoms with Gasteiger partial charge in [-0.15, -0.1) is 11.3 Å². The van der Waals surface area contributed by atoms with Crippen LogP contribution in [0.2, 0.25) is 0 Å². The standard InChI is InChI=1S/C15H19NO2S/c1-12-7-10-19-15(12)11-16-8-9-18-14-5-3-13(17-2)4-6-14/h3-7,10,16H,8-9,11H2,1-2H3. The Morgan fingerprint density at radius 3 is 2.47 bits per heavy atom. The predicted octanol–water partition coefficient (Wildman–Crippen LogP) is 3.23. The lowest BCUT2D eigenvalue weighted by Crippen LogP contribution is -2.20. The van der Waals surface area contributed by atoms with Crippen molar-refractivity contribution in [3.05, 3.63) is 46.2 Å². The molecule has 0 unspecified atom stereocenters. The van der Waals surface area contributed by atoms with Gasteiger partial charge in [0, 0.05) is 18.0 Å². The Morgan fingerprint density at radius 1 is 1.11 bits per heavy atom. The highest BCUT2D eigenvalue weighted by atomic mass is 32.1. The highest BCUT2D eigenvalue weighted by Gasteiger charge is 1.99. The molecule has 2 rings (SSSR count). The van der Waals surface area contributed by atoms with Crippen molar-refractivity contribution in [2.24, 2.45) is 0 Å². The topological polar surface area (TPSA) is 30.5 Å². The maximum atomic E-state index is 5.64. The van der Waals surface area contributed by atoms with Crippen LogP contribution in [0.25, 0.3) is 0 Å². The van der Waals surface area contributed by atoms with E-state index in [0.29, 0.717) is 6.61 Å². The van der Waals surface area contributed by atoms with Crippen molar-refractivity contribution in [3.63, 3.8) is 0 Å². The Hall–Kier alpha value is -1.52. The molecule has 4 heteroatoms. The Morgan fingerprint density at radius 2 is 1.84 bits per heavy atom. The van der Waals surface area contributed by atoms with E-state index in [1.54, 1.807) is 18.4 Å². The van der Waals surface area contributed by atoms with Crippen LogP contribution in [-0.4, -0.2) is 20.3 Å². The summed E-state index contributed by atoms with van der Waals surface area (Å²) >= 11 is 1.79. The molecule has 3 nitrogen and oxygen atoms in total. The number of hydrogen-bond acceptors (Lipinski definition) is 4. The normalized spacial score (nSPS) is 10.4. The molecular formula is C15H19NO2S. The number of hydrogen-bond donors (Lipinski definition) is 1. The number of methoxy groups -OCH3 is 1. The molecule has 0 saturated heterocycles. The van der Waals surface area contributed by atoms with Crippen LogP contribution < -0.4 is 14.8 Å². The number of thiophene rings is 1. The quantitative estimate of drug-likeness (QED) is 0.788. The molecule has 0 aliphatic carbocycles. The molecule has 0 aliphatic heterocycles. The van der Waals surface area contributed by atoms with Gasteiger partial charge < -0.3 is 14.8 Å². The van der Waals surface area contributed by atoms with Gasteiger partial charge in [-0.1, -0.05) is 0 Å². The summed E-state index contributed by atoms with van der Waals surface area (Å²) in [6, 6.07) is 9.79. The predicted molar refractivity (Wildman–Crippen MR) is 79.3 cm³/mol. The summed E-state index contributed by atoms with van der Waals surface area (Å²) in [4.78, 5) is 1.39. The molecule has 0 saturated carbocycles. The zero-order valence-corrected chi connectivity index (χ0v) is 12.1. The number of aryl methyl sites for hydroxylation is 1. The molecule has 0 radical (unpaired) electrons. The summed E-state index contributed by atoms with van der Waals surface area (Å²) < 4.78 is 10.7. The van der Waals surface area contributed by atoms with Gasteiger partial charge in [-0.05, 0) is 48.2 Å². The molecule has 0 fully saturated rings. The molecule has 0 bridgehead atoms. The molecule has 1 heterocycles. The Bertz CT molecular complexity index is 493. The average molecular weight is 277 g/mol. The zero-order valence-electron chi connectivity index (χ0n) is 11.3. The molecule has 1 N–H and O–H groups in total. The lowest BCUT2D eigenvalue weighted by atomic mass is 10.3. The summed E-state index contributed by atoms with van der Waals surface area (Å²) in [6.45, 7) is 4.55. The van der Waals surface area contributed by atoms with Gasteiger partial charge in [-0.25, -0.2) is 0 Å². The summed E-state index contributed by atoms with van der Waals surface area (Å²) in [5, 5.41) is 5.51. The largest absolute Gasteiger partial charge is 0.497 e. The van der Waals surface area contributed by atoms with Crippen LogP contribution in [0.5, 0.6) is 11.5 Å². The molecule has 0 atom stereocenters. The third-order valence-electron chi connectivity index (χ3n) is 2.86. The van der Waals surface area contributed by atoms with E-state index in [-0.39, 0.29) is 0 Å². The highest BCUT2D eigenvalue weighted by Crippen LogP contribution is 2.17. The minimum Gasteiger partial charge on any atom is -0.497 e. The van der Waals surface area contributed by atoms with Gasteiger partial charge >= 0.3 is 0 Å². The van der Waals surface area contributed by atoms with Crippen LogP contribution in [0, 0.1) is 6.92 Å². The first kappa shape index (κ1) is 13.9. The SMILES string of the molecule is COc1ccc(OCCNCc2sccc2C)cc1. The van der Waals surface area contributed by atoms with E-state index in [9.17, 15) is 0 Å². The van der Waals surface area contributed by atoms with Crippen molar-refractivity contribution in [3.8, 4) is 11.5 Å². The minimum absolute atomic E-state index is 0.663. The van der Waals surface area contributed by atoms with E-state index in [2.05, 4.69) is 23.7 Å². The third kappa shape index (κ3) is 4.26. The number of ether oxygens (including phenoxy) is 2. The van der Waals surface area contributed by atoms with Crippen LogP contribution >= 0.6 is 11.3 Å². The van der Waals surface area contributed by atoms with Gasteiger partial charge in [-0.3, -0.25) is 0 Å². The van der Waals surface area contributed by atoms with Gasteiger partial charge in [-0.2, -0.15) is 0 Å². The first-order valence-electron chi connectivity index (χ1n) is 6.30. The summed E-state index contributed by atoms with van der Waals surface area (Å²) in [7, 11) is 1.66. The third-order valence-corrected chi connectivity index (χ3v) is 3.88. The maximum absolute atomic E-state index is 5.64. The maximum Gasteiger partial charge on any atom is 0.119 e. The number of nitrogens with one attached hydrogen (secondary N) is 1. The molecule has 1 aromatic carbocycles. The van der Waals surface area contributed by atoms with Crippen LogP contribution in [0.1, 0.15) is 10.4 Å². The number of benzene rings is 1. The Balaban J connectivity index is 1.65. The van der Waals surface area contributed by atoms with Crippen molar-refractivity contribution in [1.82, 2.24) is 5.32 Å². The lowest BCUT2D eigenvalue weighted by molar-refractivity contribution is 0.313. The van der Waals surface area contributed by atoms with E-state index in [4.69, 9.17) is 9.47 Å². The number of rotatable bonds is 7. The van der Waals surface area contributed by atoms with Gasteiger partial charge in [0.25, 0.3) is 0 Å². The van der Waals surface area contributed by atoms with Crippen molar-refractivity contribution < 1.29 is 9.47 Å². The molecule has 0 aliphatic rings. The van der Waals surface area contributed by atoms with E-state index in [1.807, 2.05) is 24.3 Å². The van der Waals surface area contributed by atoms with E-state index < -0.39 is 0 Å². The molecule has 0 spiro atoms. The highest BCUT2D eigenvalue weighted by molar-refractivity contribution is 7.10. The van der Waals surface area contributed by atoms with E-state index in [1.165, 1.54) is 10.4 Å². The fraction of sp³-hybridized carbons (Fsp3) is 0.333. The van der Waals surface area contributed by atoms with Crippen LogP contribution in [-0.2, 0) is 6.54 Å². The summed E-state index contributed by atoms with van der Waals surface area (Å²) in [6.07, 6.45) is 0. The summed E-state index contributed by atoms with van der Waals surface area (Å²) in [5.41, 5.74) is 1.36. The van der Waals surface area contributed by atoms with Crippen molar-refractivity contribution in [2.75, 3.05) is 20.3 Å². The Kier molecular flexibility index (Phi) is 5.24. The molecule has 2 aromatic rings. The summed E-state index contributed by atoms with van der Waals surface area (Å²) in [5.74, 6) is 1.72. The van der Waals surface area contributed by atoms with E-state index >= 15 is 0 Å². The second kappa shape index (κ2) is 7.16. The second-order valence-corrected chi connectivity index (χ2v) is 5.23. The average Bonchev–Trinajstić information content (AvgIpc) is 2.85. The van der Waals surface area contributed by atoms with Gasteiger partial charge in [0.2, 0.25) is 0 Å². The fourth-order valence-electron chi connectivity index (χ4n) is 1.70. The molecule has 102 valence electrons. The molecule has 19 heavy (non-hydrogen) atoms. The van der Waals surface area contributed by atoms with Gasteiger partial charge in [0.15, 0.2) is 0 Å². The van der Waals surface area contributed by atoms with Crippen LogP contribution in [0.3, 0.4) is 0 Å². The smallest absolute Gasteiger partial charge is 0.119 e. The fourth-order valence-corrected chi connectivity index (χ4v) is 2.58. The molecule has 0 amide bonds. The Labute approximate surface area is 118 Å². The zero-order chi connectivity index (χ0) is 13.5. The van der Waals surface area contributed by atoms with Crippen LogP contribution in [0.4, 0.5) is 0 Å².